The Morgan fingerprint density at radius 2 is 1.84 bits per heavy atom. The lowest BCUT2D eigenvalue weighted by Crippen LogP contribution is -2.48. The quantitative estimate of drug-likeness (QED) is 0.0569. The number of thioether (sulfide) groups is 1. The number of carbonyl (C=O) groups is 2. The molecule has 51 heavy (non-hydrogen) atoms. The van der Waals surface area contributed by atoms with Crippen LogP contribution in [0.4, 0.5) is 11.5 Å². The monoisotopic (exact) mass is 744 g/mol. The standard InChI is InChI=1S/C36H37ClN8O4S2/c1-22(42-33(46)29(40)13-14-38)36(47)49-18-17-48-27-11-7-23(8-12-27)30-28(19-39)35(44-32(31(30)41-2)45-15-3-4-16-45)51-21-26-20-50-34(43-26)24-5-9-25(37)10-6-24/h5-12,20,22,29H,3-4,13-18,21,38,40H2,1H3,(H,42,46)/t22-,29-/m0/s1. The molecule has 264 valence electrons. The van der Waals surface area contributed by atoms with Gasteiger partial charge in [-0.05, 0) is 62.6 Å². The first-order valence-electron chi connectivity index (χ1n) is 16.3. The number of esters is 1. The summed E-state index contributed by atoms with van der Waals surface area (Å²) < 4.78 is 11.0. The van der Waals surface area contributed by atoms with Crippen molar-refractivity contribution in [2.75, 3.05) is 37.7 Å². The predicted molar refractivity (Wildman–Crippen MR) is 200 cm³/mol. The molecule has 0 unspecified atom stereocenters. The first kappa shape index (κ1) is 37.6. The zero-order valence-electron chi connectivity index (χ0n) is 27.9. The summed E-state index contributed by atoms with van der Waals surface area (Å²) in [5, 5.41) is 17.0. The van der Waals surface area contributed by atoms with Crippen molar-refractivity contribution in [3.05, 3.63) is 81.6 Å². The van der Waals surface area contributed by atoms with Crippen LogP contribution >= 0.6 is 34.7 Å². The Balaban J connectivity index is 1.30. The number of nitrogens with zero attached hydrogens (tertiary/aromatic N) is 5. The molecule has 1 fully saturated rings. The maximum absolute atomic E-state index is 12.3. The topological polar surface area (TPSA) is 174 Å². The largest absolute Gasteiger partial charge is 0.490 e. The van der Waals surface area contributed by atoms with Crippen molar-refractivity contribution >= 4 is 58.1 Å². The summed E-state index contributed by atoms with van der Waals surface area (Å²) in [6.07, 6.45) is 2.31. The predicted octanol–water partition coefficient (Wildman–Crippen LogP) is 5.94. The number of hydrogen-bond donors (Lipinski definition) is 3. The van der Waals surface area contributed by atoms with Gasteiger partial charge in [0.2, 0.25) is 11.6 Å². The van der Waals surface area contributed by atoms with E-state index in [9.17, 15) is 14.9 Å². The Hall–Kier alpha value is -4.70. The first-order valence-corrected chi connectivity index (χ1v) is 18.6. The molecule has 0 spiro atoms. The van der Waals surface area contributed by atoms with E-state index in [1.807, 2.05) is 29.6 Å². The number of rotatable bonds is 15. The van der Waals surface area contributed by atoms with Crippen molar-refractivity contribution in [2.24, 2.45) is 11.5 Å². The Kier molecular flexibility index (Phi) is 13.2. The van der Waals surface area contributed by atoms with Crippen molar-refractivity contribution < 1.29 is 19.1 Å². The number of nitrogens with one attached hydrogen (secondary N) is 1. The van der Waals surface area contributed by atoms with Crippen LogP contribution in [0.1, 0.15) is 37.4 Å². The minimum Gasteiger partial charge on any atom is -0.490 e. The van der Waals surface area contributed by atoms with Gasteiger partial charge in [-0.2, -0.15) is 5.26 Å². The van der Waals surface area contributed by atoms with Crippen LogP contribution in [0.15, 0.2) is 58.9 Å². The van der Waals surface area contributed by atoms with Crippen molar-refractivity contribution in [3.63, 3.8) is 0 Å². The fourth-order valence-corrected chi connectivity index (χ4v) is 7.29. The van der Waals surface area contributed by atoms with Gasteiger partial charge in [0.15, 0.2) is 0 Å². The molecular formula is C36H37ClN8O4S2. The molecule has 1 amide bonds. The molecule has 0 aliphatic carbocycles. The van der Waals surface area contributed by atoms with E-state index in [0.29, 0.717) is 56.2 Å². The van der Waals surface area contributed by atoms with Crippen LogP contribution in [0.2, 0.25) is 5.02 Å². The summed E-state index contributed by atoms with van der Waals surface area (Å²) in [5.74, 6) is 0.489. The molecule has 12 nitrogen and oxygen atoms in total. The molecular weight excluding hydrogens is 708 g/mol. The number of ether oxygens (including phenoxy) is 2. The first-order chi connectivity index (χ1) is 24.7. The minimum absolute atomic E-state index is 0.0413. The number of halogens is 1. The highest BCUT2D eigenvalue weighted by Gasteiger charge is 2.27. The molecule has 0 saturated carbocycles. The summed E-state index contributed by atoms with van der Waals surface area (Å²) in [7, 11) is 0. The highest BCUT2D eigenvalue weighted by atomic mass is 35.5. The van der Waals surface area contributed by atoms with E-state index in [2.05, 4.69) is 21.1 Å². The van der Waals surface area contributed by atoms with Gasteiger partial charge in [0.25, 0.3) is 0 Å². The lowest BCUT2D eigenvalue weighted by molar-refractivity contribution is -0.148. The molecule has 2 aromatic heterocycles. The molecule has 1 saturated heterocycles. The van der Waals surface area contributed by atoms with Crippen LogP contribution in [0.3, 0.4) is 0 Å². The Morgan fingerprint density at radius 1 is 1.14 bits per heavy atom. The zero-order valence-corrected chi connectivity index (χ0v) is 30.3. The highest BCUT2D eigenvalue weighted by Crippen LogP contribution is 2.45. The average molecular weight is 745 g/mol. The van der Waals surface area contributed by atoms with Crippen molar-refractivity contribution in [2.45, 2.75) is 49.0 Å². The van der Waals surface area contributed by atoms with Crippen LogP contribution in [0, 0.1) is 17.9 Å². The van der Waals surface area contributed by atoms with Crippen LogP contribution in [0.5, 0.6) is 5.75 Å². The van der Waals surface area contributed by atoms with E-state index in [1.54, 1.807) is 24.3 Å². The van der Waals surface area contributed by atoms with Crippen LogP contribution in [0.25, 0.3) is 26.5 Å². The van der Waals surface area contributed by atoms with Crippen molar-refractivity contribution in [1.82, 2.24) is 15.3 Å². The number of aromatic nitrogens is 2. The van der Waals surface area contributed by atoms with Crippen LogP contribution in [-0.2, 0) is 20.1 Å². The van der Waals surface area contributed by atoms with Crippen molar-refractivity contribution in [3.8, 4) is 33.5 Å². The molecule has 5 N–H and O–H groups in total. The van der Waals surface area contributed by atoms with Gasteiger partial charge in [-0.1, -0.05) is 47.6 Å². The van der Waals surface area contributed by atoms with Gasteiger partial charge < -0.3 is 31.2 Å². The lowest BCUT2D eigenvalue weighted by atomic mass is 9.99. The smallest absolute Gasteiger partial charge is 0.328 e. The summed E-state index contributed by atoms with van der Waals surface area (Å²) in [6.45, 7) is 11.5. The fourth-order valence-electron chi connectivity index (χ4n) is 5.36. The van der Waals surface area contributed by atoms with Gasteiger partial charge in [-0.15, -0.1) is 11.3 Å². The molecule has 4 aromatic rings. The molecule has 0 radical (unpaired) electrons. The molecule has 15 heteroatoms. The van der Waals surface area contributed by atoms with E-state index in [-0.39, 0.29) is 19.8 Å². The molecule has 5 rings (SSSR count). The Morgan fingerprint density at radius 3 is 2.51 bits per heavy atom. The number of carbonyl (C=O) groups excluding carboxylic acids is 2. The van der Waals surface area contributed by atoms with Gasteiger partial charge >= 0.3 is 5.97 Å². The minimum atomic E-state index is -0.881. The third-order valence-electron chi connectivity index (χ3n) is 8.01. The average Bonchev–Trinajstić information content (AvgIpc) is 3.86. The molecule has 1 aliphatic heterocycles. The number of thiazole rings is 1. The number of amides is 1. The third kappa shape index (κ3) is 9.55. The number of benzene rings is 2. The molecule has 1 aliphatic rings. The van der Waals surface area contributed by atoms with Gasteiger partial charge in [0.05, 0.1) is 23.9 Å². The second-order valence-electron chi connectivity index (χ2n) is 11.7. The maximum atomic E-state index is 12.3. The van der Waals surface area contributed by atoms with Gasteiger partial charge in [-0.3, -0.25) is 4.79 Å². The second kappa shape index (κ2) is 18.0. The van der Waals surface area contributed by atoms with E-state index >= 15 is 0 Å². The summed E-state index contributed by atoms with van der Waals surface area (Å²) in [6, 6.07) is 15.3. The normalized spacial score (nSPS) is 13.6. The van der Waals surface area contributed by atoms with Crippen LogP contribution < -0.4 is 26.4 Å². The molecule has 2 aromatic carbocycles. The number of hydrogen-bond acceptors (Lipinski definition) is 12. The third-order valence-corrected chi connectivity index (χ3v) is 10.2. The number of pyridine rings is 1. The number of nitrogens with two attached hydrogens (primary N) is 2. The Labute approximate surface area is 309 Å². The second-order valence-corrected chi connectivity index (χ2v) is 13.9. The molecule has 0 bridgehead atoms. The van der Waals surface area contributed by atoms with Crippen molar-refractivity contribution in [1.29, 1.82) is 5.26 Å². The Bertz CT molecular complexity index is 1920. The van der Waals surface area contributed by atoms with E-state index in [4.69, 9.17) is 49.1 Å². The summed E-state index contributed by atoms with van der Waals surface area (Å²) in [5.41, 5.74) is 14.9. The summed E-state index contributed by atoms with van der Waals surface area (Å²) >= 11 is 9.02. The van der Waals surface area contributed by atoms with Crippen LogP contribution in [-0.4, -0.2) is 66.8 Å². The fraction of sp³-hybridized carbons (Fsp3) is 0.333. The van der Waals surface area contributed by atoms with Gasteiger partial charge in [0, 0.05) is 40.4 Å². The molecule has 3 heterocycles. The number of nitriles is 1. The SMILES string of the molecule is [C-]#[N+]c1c(N2CCCC2)nc(SCc2csc(-c3ccc(Cl)cc3)n2)c(C#N)c1-c1ccc(OCCOC(=O)[C@H](C)NC(=O)[C@@H](N)CCN)cc1. The van der Waals surface area contributed by atoms with Gasteiger partial charge in [-0.25, -0.2) is 19.6 Å². The van der Waals surface area contributed by atoms with E-state index in [0.717, 1.165) is 42.2 Å². The number of anilines is 1. The molecule has 2 atom stereocenters. The lowest BCUT2D eigenvalue weighted by Gasteiger charge is -2.22. The van der Waals surface area contributed by atoms with E-state index < -0.39 is 24.0 Å². The summed E-state index contributed by atoms with van der Waals surface area (Å²) in [4.78, 5) is 40.1. The van der Waals surface area contributed by atoms with E-state index in [1.165, 1.54) is 30.0 Å². The zero-order chi connectivity index (χ0) is 36.3. The maximum Gasteiger partial charge on any atom is 0.328 e. The highest BCUT2D eigenvalue weighted by molar-refractivity contribution is 7.98. The van der Waals surface area contributed by atoms with Gasteiger partial charge in [0.1, 0.15) is 46.9 Å².